The van der Waals surface area contributed by atoms with Gasteiger partial charge in [-0.25, -0.2) is 13.4 Å². The van der Waals surface area contributed by atoms with E-state index in [0.29, 0.717) is 25.7 Å². The van der Waals surface area contributed by atoms with Crippen LogP contribution in [0.15, 0.2) is 17.2 Å². The predicted molar refractivity (Wildman–Crippen MR) is 69.7 cm³/mol. The first-order chi connectivity index (χ1) is 10.3. The smallest absolute Gasteiger partial charge is 0.404 e. The Kier molecular flexibility index (Phi) is 4.60. The van der Waals surface area contributed by atoms with E-state index in [9.17, 15) is 21.6 Å². The number of halogens is 3. The SMILES string of the molecule is N#Cc1nccc(OC(F)(F)F)c1S(=O)(=O)C1CCCCC1. The van der Waals surface area contributed by atoms with Gasteiger partial charge in [-0.1, -0.05) is 19.3 Å². The van der Waals surface area contributed by atoms with Gasteiger partial charge in [0.05, 0.1) is 5.25 Å². The van der Waals surface area contributed by atoms with Gasteiger partial charge in [0.2, 0.25) is 0 Å². The van der Waals surface area contributed by atoms with Crippen LogP contribution in [0.4, 0.5) is 13.2 Å². The molecule has 5 nitrogen and oxygen atoms in total. The molecule has 120 valence electrons. The highest BCUT2D eigenvalue weighted by atomic mass is 32.2. The van der Waals surface area contributed by atoms with Crippen LogP contribution in [0.3, 0.4) is 0 Å². The molecule has 1 saturated carbocycles. The third-order valence-electron chi connectivity index (χ3n) is 3.48. The second kappa shape index (κ2) is 6.12. The maximum Gasteiger partial charge on any atom is 0.573 e. The van der Waals surface area contributed by atoms with Crippen LogP contribution >= 0.6 is 0 Å². The molecule has 0 spiro atoms. The van der Waals surface area contributed by atoms with Gasteiger partial charge in [-0.3, -0.25) is 0 Å². The summed E-state index contributed by atoms with van der Waals surface area (Å²) >= 11 is 0. The highest BCUT2D eigenvalue weighted by molar-refractivity contribution is 7.92. The number of hydrogen-bond acceptors (Lipinski definition) is 5. The molecule has 1 heterocycles. The van der Waals surface area contributed by atoms with Gasteiger partial charge in [0, 0.05) is 12.3 Å². The topological polar surface area (TPSA) is 80.0 Å². The van der Waals surface area contributed by atoms with Gasteiger partial charge in [-0.05, 0) is 12.8 Å². The average molecular weight is 334 g/mol. The Morgan fingerprint density at radius 2 is 1.91 bits per heavy atom. The van der Waals surface area contributed by atoms with E-state index >= 15 is 0 Å². The van der Waals surface area contributed by atoms with Gasteiger partial charge in [-0.15, -0.1) is 13.2 Å². The lowest BCUT2D eigenvalue weighted by molar-refractivity contribution is -0.275. The van der Waals surface area contributed by atoms with Gasteiger partial charge in [-0.2, -0.15) is 5.26 Å². The summed E-state index contributed by atoms with van der Waals surface area (Å²) in [5.74, 6) is -0.898. The minimum Gasteiger partial charge on any atom is -0.404 e. The van der Waals surface area contributed by atoms with Crippen molar-refractivity contribution in [2.24, 2.45) is 0 Å². The molecule has 22 heavy (non-hydrogen) atoms. The van der Waals surface area contributed by atoms with Crippen LogP contribution < -0.4 is 4.74 Å². The van der Waals surface area contributed by atoms with E-state index in [4.69, 9.17) is 5.26 Å². The molecule has 1 fully saturated rings. The van der Waals surface area contributed by atoms with Crippen LogP contribution in [-0.2, 0) is 9.84 Å². The second-order valence-corrected chi connectivity index (χ2v) is 7.12. The lowest BCUT2D eigenvalue weighted by Crippen LogP contribution is -2.27. The Morgan fingerprint density at radius 3 is 2.45 bits per heavy atom. The average Bonchev–Trinajstić information content (AvgIpc) is 2.46. The molecule has 0 aromatic carbocycles. The largest absolute Gasteiger partial charge is 0.573 e. The fourth-order valence-electron chi connectivity index (χ4n) is 2.53. The molecule has 1 aromatic rings. The van der Waals surface area contributed by atoms with Crippen molar-refractivity contribution in [1.29, 1.82) is 5.26 Å². The van der Waals surface area contributed by atoms with E-state index in [-0.39, 0.29) is 0 Å². The standard InChI is InChI=1S/C13H13F3N2O3S/c14-13(15,16)21-11-6-7-18-10(8-17)12(11)22(19,20)9-4-2-1-3-5-9/h6-7,9H,1-5H2. The molecular weight excluding hydrogens is 321 g/mol. The summed E-state index contributed by atoms with van der Waals surface area (Å²) < 4.78 is 66.5. The van der Waals surface area contributed by atoms with Crippen molar-refractivity contribution in [2.75, 3.05) is 0 Å². The lowest BCUT2D eigenvalue weighted by Gasteiger charge is -2.23. The molecule has 0 bridgehead atoms. The third kappa shape index (κ3) is 3.50. The van der Waals surface area contributed by atoms with Crippen molar-refractivity contribution in [2.45, 2.75) is 48.6 Å². The Bertz CT molecular complexity index is 689. The third-order valence-corrected chi connectivity index (χ3v) is 5.79. The summed E-state index contributed by atoms with van der Waals surface area (Å²) in [7, 11) is -4.12. The summed E-state index contributed by atoms with van der Waals surface area (Å²) in [6, 6.07) is 2.34. The van der Waals surface area contributed by atoms with Crippen molar-refractivity contribution in [3.63, 3.8) is 0 Å². The number of nitrogens with zero attached hydrogens (tertiary/aromatic N) is 2. The zero-order valence-electron chi connectivity index (χ0n) is 11.4. The van der Waals surface area contributed by atoms with E-state index in [2.05, 4.69) is 9.72 Å². The molecule has 0 atom stereocenters. The van der Waals surface area contributed by atoms with Crippen LogP contribution in [0, 0.1) is 11.3 Å². The number of alkyl halides is 3. The number of ether oxygens (including phenoxy) is 1. The first kappa shape index (κ1) is 16.5. The lowest BCUT2D eigenvalue weighted by atomic mass is 10.0. The van der Waals surface area contributed by atoms with E-state index < -0.39 is 37.8 Å². The molecule has 0 radical (unpaired) electrons. The summed E-state index contributed by atoms with van der Waals surface area (Å²) in [6.45, 7) is 0. The highest BCUT2D eigenvalue weighted by Crippen LogP contribution is 2.36. The Labute approximate surface area is 125 Å². The van der Waals surface area contributed by atoms with Crippen molar-refractivity contribution in [3.05, 3.63) is 18.0 Å². The molecule has 0 saturated heterocycles. The molecule has 0 aliphatic heterocycles. The summed E-state index contributed by atoms with van der Waals surface area (Å²) in [5, 5.41) is 8.18. The molecular formula is C13H13F3N2O3S. The van der Waals surface area contributed by atoms with E-state index in [1.165, 1.54) is 6.07 Å². The summed E-state index contributed by atoms with van der Waals surface area (Å²) in [6.07, 6.45) is -1.18. The van der Waals surface area contributed by atoms with Crippen LogP contribution in [0.2, 0.25) is 0 Å². The Hall–Kier alpha value is -1.82. The number of nitriles is 1. The normalized spacial score (nSPS) is 17.0. The molecule has 1 aliphatic carbocycles. The Morgan fingerprint density at radius 1 is 1.27 bits per heavy atom. The molecule has 1 aromatic heterocycles. The van der Waals surface area contributed by atoms with Gasteiger partial charge in [0.25, 0.3) is 0 Å². The maximum atomic E-state index is 12.6. The number of aromatic nitrogens is 1. The van der Waals surface area contributed by atoms with Crippen molar-refractivity contribution in [3.8, 4) is 11.8 Å². The number of sulfone groups is 1. The first-order valence-corrected chi connectivity index (χ1v) is 8.19. The van der Waals surface area contributed by atoms with Crippen molar-refractivity contribution in [1.82, 2.24) is 4.98 Å². The molecule has 9 heteroatoms. The molecule has 0 unspecified atom stereocenters. The summed E-state index contributed by atoms with van der Waals surface area (Å²) in [4.78, 5) is 2.80. The molecule has 0 amide bonds. The van der Waals surface area contributed by atoms with Crippen LogP contribution in [0.25, 0.3) is 0 Å². The van der Waals surface area contributed by atoms with Gasteiger partial charge < -0.3 is 4.74 Å². The van der Waals surface area contributed by atoms with Crippen LogP contribution in [0.5, 0.6) is 5.75 Å². The highest BCUT2D eigenvalue weighted by Gasteiger charge is 2.38. The minimum atomic E-state index is -5.05. The van der Waals surface area contributed by atoms with Crippen LogP contribution in [0.1, 0.15) is 37.8 Å². The van der Waals surface area contributed by atoms with E-state index in [1.54, 1.807) is 0 Å². The molecule has 0 N–H and O–H groups in total. The number of hydrogen-bond donors (Lipinski definition) is 0. The fraction of sp³-hybridized carbons (Fsp3) is 0.538. The van der Waals surface area contributed by atoms with Gasteiger partial charge in [0.15, 0.2) is 21.3 Å². The quantitative estimate of drug-likeness (QED) is 0.849. The van der Waals surface area contributed by atoms with Crippen molar-refractivity contribution >= 4 is 9.84 Å². The second-order valence-electron chi connectivity index (χ2n) is 4.95. The number of rotatable bonds is 3. The zero-order chi connectivity index (χ0) is 16.4. The maximum absolute atomic E-state index is 12.6. The fourth-order valence-corrected chi connectivity index (χ4v) is 4.58. The first-order valence-electron chi connectivity index (χ1n) is 6.64. The van der Waals surface area contributed by atoms with E-state index in [0.717, 1.165) is 18.7 Å². The van der Waals surface area contributed by atoms with Gasteiger partial charge >= 0.3 is 6.36 Å². The van der Waals surface area contributed by atoms with Crippen molar-refractivity contribution < 1.29 is 26.3 Å². The van der Waals surface area contributed by atoms with Gasteiger partial charge in [0.1, 0.15) is 11.0 Å². The monoisotopic (exact) mass is 334 g/mol. The molecule has 2 rings (SSSR count). The predicted octanol–water partition coefficient (Wildman–Crippen LogP) is 2.96. The van der Waals surface area contributed by atoms with E-state index in [1.807, 2.05) is 0 Å². The summed E-state index contributed by atoms with van der Waals surface area (Å²) in [5.41, 5.74) is -0.577. The van der Waals surface area contributed by atoms with Crippen LogP contribution in [-0.4, -0.2) is 25.0 Å². The zero-order valence-corrected chi connectivity index (χ0v) is 12.2. The number of pyridine rings is 1. The molecule has 1 aliphatic rings. The Balaban J connectivity index is 2.54. The minimum absolute atomic E-state index is 0.355.